The first-order chi connectivity index (χ1) is 36.6. The number of rotatable bonds is 54. The van der Waals surface area contributed by atoms with E-state index in [1.807, 2.05) is 6.08 Å². The fraction of sp³-hybridized carbons (Fsp3) is 0.623. The Kier molecular flexibility index (Phi) is 59.5. The van der Waals surface area contributed by atoms with Crippen molar-refractivity contribution in [2.45, 2.75) is 258 Å². The van der Waals surface area contributed by atoms with Crippen LogP contribution >= 0.6 is 0 Å². The standard InChI is InChI=1S/C69H112O5/c1-4-7-10-13-16-19-22-25-28-31-34-37-40-43-46-49-52-55-58-61-64-72-65-67(74-69(71)63-60-57-54-51-48-45-42-39-36-33-30-27-24-21-18-15-12-9-6-3)66-73-68(70)62-59-56-53-50-47-44-41-38-35-32-29-26-23-20-17-14-11-8-5-2/h8-9,11-12,16-21,25-30,35-36,38-39,44,47,53,56,67H,4-7,10,13-15,22-24,31-34,37,40-43,45-46,48-52,54-55,57-66H2,1-3H3/b11-8-,12-9-,19-16-,20-17-,21-18-,28-25-,29-26-,30-27-,38-35-,39-36-,47-44-,56-53-. The lowest BCUT2D eigenvalue weighted by molar-refractivity contribution is -0.162. The van der Waals surface area contributed by atoms with Crippen molar-refractivity contribution in [2.75, 3.05) is 19.8 Å². The first-order valence-corrected chi connectivity index (χ1v) is 30.4. The molecule has 0 spiro atoms. The van der Waals surface area contributed by atoms with E-state index in [-0.39, 0.29) is 25.2 Å². The predicted molar refractivity (Wildman–Crippen MR) is 325 cm³/mol. The molecule has 0 aromatic carbocycles. The number of hydrogen-bond acceptors (Lipinski definition) is 5. The molecule has 0 aliphatic carbocycles. The van der Waals surface area contributed by atoms with Gasteiger partial charge < -0.3 is 14.2 Å². The number of hydrogen-bond donors (Lipinski definition) is 0. The van der Waals surface area contributed by atoms with Crippen LogP contribution in [0.15, 0.2) is 146 Å². The van der Waals surface area contributed by atoms with Gasteiger partial charge in [0, 0.05) is 19.4 Å². The molecular weight excluding hydrogens is 909 g/mol. The summed E-state index contributed by atoms with van der Waals surface area (Å²) in [5.41, 5.74) is 0. The molecule has 5 nitrogen and oxygen atoms in total. The third-order valence-electron chi connectivity index (χ3n) is 12.4. The van der Waals surface area contributed by atoms with E-state index in [9.17, 15) is 9.59 Å². The fourth-order valence-electron chi connectivity index (χ4n) is 7.91. The number of unbranched alkanes of at least 4 members (excludes halogenated alkanes) is 19. The maximum atomic E-state index is 12.9. The molecule has 74 heavy (non-hydrogen) atoms. The lowest BCUT2D eigenvalue weighted by Crippen LogP contribution is -2.30. The number of ether oxygens (including phenoxy) is 3. The van der Waals surface area contributed by atoms with Crippen molar-refractivity contribution in [1.29, 1.82) is 0 Å². The largest absolute Gasteiger partial charge is 0.462 e. The summed E-state index contributed by atoms with van der Waals surface area (Å²) in [7, 11) is 0. The maximum Gasteiger partial charge on any atom is 0.306 e. The Morgan fingerprint density at radius 3 is 1.03 bits per heavy atom. The minimum Gasteiger partial charge on any atom is -0.462 e. The van der Waals surface area contributed by atoms with Crippen LogP contribution in [0, 0.1) is 0 Å². The van der Waals surface area contributed by atoms with Crippen molar-refractivity contribution >= 4 is 11.9 Å². The van der Waals surface area contributed by atoms with Crippen molar-refractivity contribution in [2.24, 2.45) is 0 Å². The smallest absolute Gasteiger partial charge is 0.306 e. The lowest BCUT2D eigenvalue weighted by Gasteiger charge is -2.18. The van der Waals surface area contributed by atoms with Crippen LogP contribution in [0.2, 0.25) is 0 Å². The Morgan fingerprint density at radius 1 is 0.311 bits per heavy atom. The lowest BCUT2D eigenvalue weighted by atomic mass is 10.1. The number of allylic oxidation sites excluding steroid dienone is 24. The van der Waals surface area contributed by atoms with E-state index in [2.05, 4.69) is 161 Å². The monoisotopic (exact) mass is 1020 g/mol. The van der Waals surface area contributed by atoms with Gasteiger partial charge in [0.25, 0.3) is 0 Å². The van der Waals surface area contributed by atoms with Crippen LogP contribution in [0.3, 0.4) is 0 Å². The molecule has 0 heterocycles. The number of carbonyl (C=O) groups excluding carboxylic acids is 2. The molecule has 0 rings (SSSR count). The Hall–Kier alpha value is -4.22. The summed E-state index contributed by atoms with van der Waals surface area (Å²) in [6.07, 6.45) is 91.7. The van der Waals surface area contributed by atoms with Crippen molar-refractivity contribution in [3.05, 3.63) is 146 Å². The molecule has 418 valence electrons. The second kappa shape index (κ2) is 63.1. The quantitative estimate of drug-likeness (QED) is 0.0345. The van der Waals surface area contributed by atoms with Gasteiger partial charge in [0.05, 0.1) is 6.61 Å². The van der Waals surface area contributed by atoms with Crippen LogP contribution in [0.25, 0.3) is 0 Å². The molecule has 0 aromatic heterocycles. The highest BCUT2D eigenvalue weighted by atomic mass is 16.6. The van der Waals surface area contributed by atoms with Gasteiger partial charge in [0.2, 0.25) is 0 Å². The SMILES string of the molecule is CC/C=C\C/C=C\C/C=C\C/C=C\C/C=C\C/C=C\CCC(=O)OCC(COCCCCCCCCCCCC/C=C\C/C=C\CCCCC)OC(=O)CCCCCCCC/C=C\C/C=C\C/C=C\C/C=C\CC. The highest BCUT2D eigenvalue weighted by molar-refractivity contribution is 5.70. The Bertz CT molecular complexity index is 1580. The maximum absolute atomic E-state index is 12.9. The van der Waals surface area contributed by atoms with E-state index in [0.717, 1.165) is 109 Å². The van der Waals surface area contributed by atoms with Gasteiger partial charge in [-0.05, 0) is 128 Å². The van der Waals surface area contributed by atoms with Crippen molar-refractivity contribution in [3.8, 4) is 0 Å². The van der Waals surface area contributed by atoms with Crippen LogP contribution in [-0.4, -0.2) is 37.9 Å². The van der Waals surface area contributed by atoms with Crippen molar-refractivity contribution in [1.82, 2.24) is 0 Å². The first-order valence-electron chi connectivity index (χ1n) is 30.4. The average Bonchev–Trinajstić information content (AvgIpc) is 3.40. The minimum absolute atomic E-state index is 0.0289. The number of esters is 2. The topological polar surface area (TPSA) is 61.8 Å². The number of carbonyl (C=O) groups is 2. The van der Waals surface area contributed by atoms with Crippen LogP contribution in [0.1, 0.15) is 252 Å². The Morgan fingerprint density at radius 2 is 0.635 bits per heavy atom. The van der Waals surface area contributed by atoms with Crippen LogP contribution < -0.4 is 0 Å². The summed E-state index contributed by atoms with van der Waals surface area (Å²) in [5, 5.41) is 0. The summed E-state index contributed by atoms with van der Waals surface area (Å²) >= 11 is 0. The zero-order valence-electron chi connectivity index (χ0n) is 48.1. The van der Waals surface area contributed by atoms with Gasteiger partial charge in [-0.3, -0.25) is 9.59 Å². The Labute approximate surface area is 457 Å². The van der Waals surface area contributed by atoms with Gasteiger partial charge in [0.1, 0.15) is 6.61 Å². The average molecular weight is 1020 g/mol. The predicted octanol–water partition coefficient (Wildman–Crippen LogP) is 21.2. The molecule has 0 amide bonds. The molecule has 1 atom stereocenters. The van der Waals surface area contributed by atoms with Crippen LogP contribution in [0.5, 0.6) is 0 Å². The molecule has 5 heteroatoms. The molecule has 0 fully saturated rings. The van der Waals surface area contributed by atoms with Gasteiger partial charge in [-0.25, -0.2) is 0 Å². The van der Waals surface area contributed by atoms with E-state index in [1.165, 1.54) is 103 Å². The zero-order chi connectivity index (χ0) is 53.4. The molecule has 0 N–H and O–H groups in total. The van der Waals surface area contributed by atoms with Crippen molar-refractivity contribution < 1.29 is 23.8 Å². The molecule has 0 radical (unpaired) electrons. The summed E-state index contributed by atoms with van der Waals surface area (Å²) < 4.78 is 17.4. The van der Waals surface area contributed by atoms with Gasteiger partial charge in [-0.2, -0.15) is 0 Å². The summed E-state index contributed by atoms with van der Waals surface area (Å²) in [5.74, 6) is -0.517. The third kappa shape index (κ3) is 60.3. The molecule has 0 aromatic rings. The molecule has 0 saturated carbocycles. The highest BCUT2D eigenvalue weighted by Gasteiger charge is 2.17. The molecule has 0 bridgehead atoms. The van der Waals surface area contributed by atoms with E-state index < -0.39 is 6.10 Å². The first kappa shape index (κ1) is 69.8. The molecule has 0 aliphatic heterocycles. The second-order valence-corrected chi connectivity index (χ2v) is 19.5. The normalized spacial score (nSPS) is 13.3. The highest BCUT2D eigenvalue weighted by Crippen LogP contribution is 2.14. The fourth-order valence-corrected chi connectivity index (χ4v) is 7.91. The van der Waals surface area contributed by atoms with Crippen LogP contribution in [-0.2, 0) is 23.8 Å². The molecular formula is C69H112O5. The minimum atomic E-state index is -0.589. The van der Waals surface area contributed by atoms with Gasteiger partial charge in [-0.1, -0.05) is 256 Å². The van der Waals surface area contributed by atoms with Gasteiger partial charge >= 0.3 is 11.9 Å². The summed E-state index contributed by atoms with van der Waals surface area (Å²) in [6, 6.07) is 0. The van der Waals surface area contributed by atoms with Crippen molar-refractivity contribution in [3.63, 3.8) is 0 Å². The third-order valence-corrected chi connectivity index (χ3v) is 12.4. The molecule has 1 unspecified atom stereocenters. The Balaban J connectivity index is 4.45. The summed E-state index contributed by atoms with van der Waals surface area (Å²) in [6.45, 7) is 7.47. The summed E-state index contributed by atoms with van der Waals surface area (Å²) in [4.78, 5) is 25.6. The van der Waals surface area contributed by atoms with Crippen LogP contribution in [0.4, 0.5) is 0 Å². The van der Waals surface area contributed by atoms with Gasteiger partial charge in [-0.15, -0.1) is 0 Å². The van der Waals surface area contributed by atoms with E-state index in [1.54, 1.807) is 0 Å². The van der Waals surface area contributed by atoms with E-state index in [4.69, 9.17) is 14.2 Å². The van der Waals surface area contributed by atoms with E-state index in [0.29, 0.717) is 25.9 Å². The molecule has 0 saturated heterocycles. The second-order valence-electron chi connectivity index (χ2n) is 19.5. The molecule has 0 aliphatic rings. The van der Waals surface area contributed by atoms with E-state index >= 15 is 0 Å². The zero-order valence-corrected chi connectivity index (χ0v) is 48.1. The van der Waals surface area contributed by atoms with Gasteiger partial charge in [0.15, 0.2) is 6.10 Å².